The second kappa shape index (κ2) is 10.6. The Kier molecular flexibility index (Phi) is 8.44. The van der Waals surface area contributed by atoms with E-state index >= 15 is 0 Å². The van der Waals surface area contributed by atoms with E-state index in [1.807, 2.05) is 0 Å². The maximum atomic E-state index is 4.07. The summed E-state index contributed by atoms with van der Waals surface area (Å²) in [7, 11) is 1.02. The summed E-state index contributed by atoms with van der Waals surface area (Å²) in [4.78, 5) is 3.81. The van der Waals surface area contributed by atoms with E-state index in [4.69, 9.17) is 0 Å². The summed E-state index contributed by atoms with van der Waals surface area (Å²) < 4.78 is 0. The minimum absolute atomic E-state index is 0.0386. The number of hydrogen-bond donors (Lipinski definition) is 4. The van der Waals surface area contributed by atoms with E-state index in [2.05, 4.69) is 27.9 Å². The molecule has 4 nitrogen and oxygen atoms in total. The van der Waals surface area contributed by atoms with E-state index in [9.17, 15) is 0 Å². The van der Waals surface area contributed by atoms with Gasteiger partial charge in [0, 0.05) is 18.1 Å². The van der Waals surface area contributed by atoms with E-state index in [0.717, 1.165) is 10.4 Å². The molecule has 4 N–H and O–H groups in total. The third-order valence-corrected chi connectivity index (χ3v) is 8.26. The van der Waals surface area contributed by atoms with Crippen LogP contribution in [-0.4, -0.2) is 40.4 Å². The van der Waals surface area contributed by atoms with Crippen LogP contribution in [0.2, 0.25) is 0 Å². The van der Waals surface area contributed by atoms with Crippen molar-refractivity contribution >= 4 is 10.4 Å². The maximum absolute atomic E-state index is 4.07. The molecule has 0 aliphatic heterocycles. The maximum Gasteiger partial charge on any atom is 0.0891 e. The van der Waals surface area contributed by atoms with Crippen LogP contribution in [0.1, 0.15) is 103 Å². The lowest BCUT2D eigenvalue weighted by molar-refractivity contribution is 0.133. The van der Waals surface area contributed by atoms with Crippen molar-refractivity contribution < 1.29 is 0 Å². The highest BCUT2D eigenvalue weighted by Gasteiger charge is 2.37. The Morgan fingerprint density at radius 1 is 0.654 bits per heavy atom. The van der Waals surface area contributed by atoms with Gasteiger partial charge in [-0.1, -0.05) is 57.8 Å². The summed E-state index contributed by atoms with van der Waals surface area (Å²) in [6.07, 6.45) is 21.1. The van der Waals surface area contributed by atoms with Crippen LogP contribution in [0.15, 0.2) is 0 Å². The molecular formula is C21H44N4Si. The third-order valence-electron chi connectivity index (χ3n) is 7.22. The second-order valence-corrected chi connectivity index (χ2v) is 9.87. The van der Waals surface area contributed by atoms with Crippen molar-refractivity contribution in [2.24, 2.45) is 0 Å². The topological polar surface area (TPSA) is 48.1 Å². The monoisotopic (exact) mass is 380 g/mol. The van der Waals surface area contributed by atoms with Gasteiger partial charge in [-0.3, -0.25) is 16.0 Å². The molecular weight excluding hydrogens is 336 g/mol. The average molecular weight is 381 g/mol. The van der Waals surface area contributed by atoms with Crippen LogP contribution >= 0.6 is 0 Å². The average Bonchev–Trinajstić information content (AvgIpc) is 2.70. The molecule has 0 aromatic carbocycles. The summed E-state index contributed by atoms with van der Waals surface area (Å²) >= 11 is 0. The van der Waals surface area contributed by atoms with Crippen molar-refractivity contribution in [1.29, 1.82) is 0 Å². The van der Waals surface area contributed by atoms with E-state index in [1.54, 1.807) is 0 Å². The SMILES string of the molecule is CC(N[SiH3])(NC1CCCCC1)C(NC1CCCCC1)NC1CCCCC1. The predicted octanol–water partition coefficient (Wildman–Crippen LogP) is 2.67. The standard InChI is InChI=1S/C21H44N4Si/c1-21(25-26,24-19-15-9-4-10-16-19)20(22-17-11-5-2-6-12-17)23-18-13-7-3-8-14-18/h17-20,22-25H,2-16H2,1,26H3. The highest BCUT2D eigenvalue weighted by atomic mass is 28.2. The molecule has 3 fully saturated rings. The van der Waals surface area contributed by atoms with Crippen molar-refractivity contribution in [3.63, 3.8) is 0 Å². The number of nitrogens with one attached hydrogen (secondary N) is 4. The Morgan fingerprint density at radius 3 is 1.42 bits per heavy atom. The lowest BCUT2D eigenvalue weighted by atomic mass is 9.91. The molecule has 3 aliphatic rings. The fraction of sp³-hybridized carbons (Fsp3) is 1.00. The van der Waals surface area contributed by atoms with Gasteiger partial charge in [-0.2, -0.15) is 0 Å². The molecule has 0 saturated heterocycles. The van der Waals surface area contributed by atoms with Gasteiger partial charge in [0.05, 0.1) is 22.2 Å². The predicted molar refractivity (Wildman–Crippen MR) is 115 cm³/mol. The molecule has 1 unspecified atom stereocenters. The summed E-state index contributed by atoms with van der Waals surface area (Å²) in [5.74, 6) is 0. The van der Waals surface area contributed by atoms with E-state index in [-0.39, 0.29) is 5.66 Å². The van der Waals surface area contributed by atoms with E-state index in [1.165, 1.54) is 96.3 Å². The molecule has 0 radical (unpaired) electrons. The quantitative estimate of drug-likeness (QED) is 0.386. The van der Waals surface area contributed by atoms with Gasteiger partial charge in [0.15, 0.2) is 0 Å². The van der Waals surface area contributed by atoms with Gasteiger partial charge in [-0.05, 0) is 45.4 Å². The summed E-state index contributed by atoms with van der Waals surface area (Å²) in [6, 6.07) is 2.05. The first kappa shape index (κ1) is 20.8. The van der Waals surface area contributed by atoms with E-state index < -0.39 is 0 Å². The first-order valence-corrected chi connectivity index (χ1v) is 12.7. The zero-order valence-corrected chi connectivity index (χ0v) is 19.4. The lowest BCUT2D eigenvalue weighted by Crippen LogP contribution is -2.74. The zero-order valence-electron chi connectivity index (χ0n) is 17.4. The Labute approximate surface area is 164 Å². The van der Waals surface area contributed by atoms with Gasteiger partial charge in [0.25, 0.3) is 0 Å². The van der Waals surface area contributed by atoms with Crippen molar-refractivity contribution in [1.82, 2.24) is 20.9 Å². The van der Waals surface area contributed by atoms with Crippen LogP contribution in [0.4, 0.5) is 0 Å². The fourth-order valence-corrected chi connectivity index (χ4v) is 5.80. The van der Waals surface area contributed by atoms with Gasteiger partial charge in [0.2, 0.25) is 0 Å². The number of hydrogen-bond acceptors (Lipinski definition) is 4. The largest absolute Gasteiger partial charge is 0.327 e. The fourth-order valence-electron chi connectivity index (χ4n) is 5.36. The molecule has 152 valence electrons. The van der Waals surface area contributed by atoms with Gasteiger partial charge in [0.1, 0.15) is 0 Å². The molecule has 3 aliphatic carbocycles. The lowest BCUT2D eigenvalue weighted by Gasteiger charge is -2.46. The Morgan fingerprint density at radius 2 is 1.04 bits per heavy atom. The summed E-state index contributed by atoms with van der Waals surface area (Å²) in [5.41, 5.74) is -0.0386. The molecule has 3 saturated carbocycles. The Hall–Kier alpha value is 0.0569. The second-order valence-electron chi connectivity index (χ2n) is 9.37. The molecule has 26 heavy (non-hydrogen) atoms. The highest BCUT2D eigenvalue weighted by Crippen LogP contribution is 2.24. The minimum Gasteiger partial charge on any atom is -0.327 e. The molecule has 0 bridgehead atoms. The highest BCUT2D eigenvalue weighted by molar-refractivity contribution is 6.04. The summed E-state index contributed by atoms with van der Waals surface area (Å²) in [6.45, 7) is 2.41. The van der Waals surface area contributed by atoms with E-state index in [0.29, 0.717) is 24.3 Å². The normalized spacial score (nSPS) is 27.0. The van der Waals surface area contributed by atoms with Gasteiger partial charge in [-0.25, -0.2) is 0 Å². The van der Waals surface area contributed by atoms with Gasteiger partial charge in [-0.15, -0.1) is 0 Å². The van der Waals surface area contributed by atoms with Crippen molar-refractivity contribution in [3.05, 3.63) is 0 Å². The first-order chi connectivity index (χ1) is 12.7. The zero-order chi connectivity index (χ0) is 18.2. The molecule has 0 spiro atoms. The molecule has 5 heteroatoms. The first-order valence-electron chi connectivity index (χ1n) is 11.7. The minimum atomic E-state index is -0.0386. The Bertz CT molecular complexity index is 369. The van der Waals surface area contributed by atoms with Crippen molar-refractivity contribution in [2.45, 2.75) is 133 Å². The molecule has 0 heterocycles. The van der Waals surface area contributed by atoms with Crippen LogP contribution in [0, 0.1) is 0 Å². The molecule has 3 rings (SSSR count). The van der Waals surface area contributed by atoms with Gasteiger partial charge >= 0.3 is 0 Å². The molecule has 0 aromatic rings. The van der Waals surface area contributed by atoms with Crippen LogP contribution in [-0.2, 0) is 0 Å². The third kappa shape index (κ3) is 6.03. The smallest absolute Gasteiger partial charge is 0.0891 e. The number of rotatable bonds is 8. The Balaban J connectivity index is 1.66. The van der Waals surface area contributed by atoms with Crippen LogP contribution in [0.3, 0.4) is 0 Å². The molecule has 1 atom stereocenters. The van der Waals surface area contributed by atoms with Gasteiger partial charge < -0.3 is 4.98 Å². The van der Waals surface area contributed by atoms with Crippen LogP contribution < -0.4 is 20.9 Å². The summed E-state index contributed by atoms with van der Waals surface area (Å²) in [5, 5.41) is 12.2. The van der Waals surface area contributed by atoms with Crippen LogP contribution in [0.5, 0.6) is 0 Å². The van der Waals surface area contributed by atoms with Crippen LogP contribution in [0.25, 0.3) is 0 Å². The molecule has 0 amide bonds. The van der Waals surface area contributed by atoms with Crippen molar-refractivity contribution in [3.8, 4) is 0 Å². The molecule has 0 aromatic heterocycles. The van der Waals surface area contributed by atoms with Crippen molar-refractivity contribution in [2.75, 3.05) is 0 Å².